The third-order valence-electron chi connectivity index (χ3n) is 2.54. The Kier molecular flexibility index (Phi) is 4.75. The molecule has 2 aromatic carbocycles. The van der Waals surface area contributed by atoms with Crippen molar-refractivity contribution in [1.82, 2.24) is 0 Å². The first-order valence-electron chi connectivity index (χ1n) is 5.85. The molecule has 0 spiro atoms. The van der Waals surface area contributed by atoms with E-state index in [0.717, 1.165) is 18.2 Å². The van der Waals surface area contributed by atoms with Gasteiger partial charge >= 0.3 is 13.0 Å². The van der Waals surface area contributed by atoms with Gasteiger partial charge in [-0.25, -0.2) is 0 Å². The van der Waals surface area contributed by atoms with Crippen molar-refractivity contribution in [3.8, 4) is 22.6 Å². The van der Waals surface area contributed by atoms with Crippen LogP contribution in [-0.2, 0) is 0 Å². The molecule has 0 aliphatic rings. The van der Waals surface area contributed by atoms with Crippen LogP contribution in [0.2, 0.25) is 5.02 Å². The maximum atomic E-state index is 12.4. The Morgan fingerprint density at radius 3 is 2.36 bits per heavy atom. The van der Waals surface area contributed by atoms with Crippen LogP contribution < -0.4 is 9.47 Å². The molecule has 0 saturated heterocycles. The van der Waals surface area contributed by atoms with Gasteiger partial charge in [0.2, 0.25) is 0 Å². The highest BCUT2D eigenvalue weighted by atomic mass is 35.5. The zero-order chi connectivity index (χ0) is 16.3. The van der Waals surface area contributed by atoms with Gasteiger partial charge in [-0.15, -0.1) is 13.2 Å². The number of benzene rings is 2. The van der Waals surface area contributed by atoms with E-state index in [1.807, 2.05) is 0 Å². The lowest BCUT2D eigenvalue weighted by molar-refractivity contribution is -0.274. The highest BCUT2D eigenvalue weighted by Crippen LogP contribution is 2.35. The van der Waals surface area contributed by atoms with Gasteiger partial charge in [-0.05, 0) is 35.9 Å². The summed E-state index contributed by atoms with van der Waals surface area (Å²) in [4.78, 5) is 0. The zero-order valence-electron chi connectivity index (χ0n) is 10.7. The molecule has 0 aliphatic heterocycles. The van der Waals surface area contributed by atoms with Gasteiger partial charge in [-0.2, -0.15) is 8.78 Å². The molecular formula is C14H8ClF5O2. The SMILES string of the molecule is FC(F)Oc1cc(Cl)ccc1-c1cccc(OC(F)(F)F)c1. The zero-order valence-corrected chi connectivity index (χ0v) is 11.5. The summed E-state index contributed by atoms with van der Waals surface area (Å²) in [6, 6.07) is 8.83. The fourth-order valence-electron chi connectivity index (χ4n) is 1.79. The average molecular weight is 339 g/mol. The topological polar surface area (TPSA) is 18.5 Å². The summed E-state index contributed by atoms with van der Waals surface area (Å²) >= 11 is 5.71. The van der Waals surface area contributed by atoms with Gasteiger partial charge in [0.15, 0.2) is 0 Å². The van der Waals surface area contributed by atoms with E-state index >= 15 is 0 Å². The van der Waals surface area contributed by atoms with Crippen molar-refractivity contribution < 1.29 is 31.4 Å². The number of alkyl halides is 5. The largest absolute Gasteiger partial charge is 0.573 e. The normalized spacial score (nSPS) is 11.6. The molecule has 22 heavy (non-hydrogen) atoms. The van der Waals surface area contributed by atoms with Crippen molar-refractivity contribution >= 4 is 11.6 Å². The molecule has 0 fully saturated rings. The molecule has 8 heteroatoms. The minimum Gasteiger partial charge on any atom is -0.434 e. The summed E-state index contributed by atoms with van der Waals surface area (Å²) in [6.07, 6.45) is -4.85. The van der Waals surface area contributed by atoms with Crippen LogP contribution in [0, 0.1) is 0 Å². The molecule has 0 heterocycles. The van der Waals surface area contributed by atoms with Crippen LogP contribution in [0.15, 0.2) is 42.5 Å². The summed E-state index contributed by atoms with van der Waals surface area (Å²) in [7, 11) is 0. The molecule has 0 radical (unpaired) electrons. The molecular weight excluding hydrogens is 331 g/mol. The lowest BCUT2D eigenvalue weighted by Gasteiger charge is -2.13. The highest BCUT2D eigenvalue weighted by Gasteiger charge is 2.31. The summed E-state index contributed by atoms with van der Waals surface area (Å²) in [6.45, 7) is -3.09. The minimum absolute atomic E-state index is 0.155. The summed E-state index contributed by atoms with van der Waals surface area (Å²) < 4.78 is 69.6. The molecule has 0 saturated carbocycles. The van der Waals surface area contributed by atoms with Crippen molar-refractivity contribution in [2.75, 3.05) is 0 Å². The van der Waals surface area contributed by atoms with Crippen LogP contribution in [0.4, 0.5) is 22.0 Å². The van der Waals surface area contributed by atoms with Crippen LogP contribution in [0.5, 0.6) is 11.5 Å². The van der Waals surface area contributed by atoms with Crippen LogP contribution >= 0.6 is 11.6 Å². The fourth-order valence-corrected chi connectivity index (χ4v) is 1.95. The minimum atomic E-state index is -4.85. The number of halogens is 6. The molecule has 0 aliphatic carbocycles. The average Bonchev–Trinajstić information content (AvgIpc) is 2.36. The predicted octanol–water partition coefficient (Wildman–Crippen LogP) is 5.51. The molecule has 2 rings (SSSR count). The number of hydrogen-bond acceptors (Lipinski definition) is 2. The molecule has 2 aromatic rings. The smallest absolute Gasteiger partial charge is 0.434 e. The molecule has 0 unspecified atom stereocenters. The monoisotopic (exact) mass is 338 g/mol. The van der Waals surface area contributed by atoms with Gasteiger partial charge in [0.25, 0.3) is 0 Å². The van der Waals surface area contributed by atoms with Crippen molar-refractivity contribution in [3.05, 3.63) is 47.5 Å². The molecule has 2 nitrogen and oxygen atoms in total. The molecule has 118 valence electrons. The Hall–Kier alpha value is -2.02. The van der Waals surface area contributed by atoms with Gasteiger partial charge in [0, 0.05) is 10.6 Å². The van der Waals surface area contributed by atoms with Crippen LogP contribution in [0.3, 0.4) is 0 Å². The van der Waals surface area contributed by atoms with Gasteiger partial charge in [0.05, 0.1) is 0 Å². The van der Waals surface area contributed by atoms with E-state index in [1.54, 1.807) is 0 Å². The summed E-state index contributed by atoms with van der Waals surface area (Å²) in [5.74, 6) is -0.713. The Balaban J connectivity index is 2.41. The van der Waals surface area contributed by atoms with Crippen LogP contribution in [0.1, 0.15) is 0 Å². The first-order valence-corrected chi connectivity index (χ1v) is 6.23. The summed E-state index contributed by atoms with van der Waals surface area (Å²) in [5.41, 5.74) is 0.381. The fraction of sp³-hybridized carbons (Fsp3) is 0.143. The second kappa shape index (κ2) is 6.39. The van der Waals surface area contributed by atoms with Crippen molar-refractivity contribution in [2.45, 2.75) is 13.0 Å². The Morgan fingerprint density at radius 2 is 1.73 bits per heavy atom. The molecule has 0 atom stereocenters. The van der Waals surface area contributed by atoms with Gasteiger partial charge in [-0.1, -0.05) is 23.7 Å². The second-order valence-corrected chi connectivity index (χ2v) is 4.53. The van der Waals surface area contributed by atoms with Crippen molar-refractivity contribution in [3.63, 3.8) is 0 Å². The highest BCUT2D eigenvalue weighted by molar-refractivity contribution is 6.30. The van der Waals surface area contributed by atoms with E-state index < -0.39 is 18.7 Å². The van der Waals surface area contributed by atoms with Crippen LogP contribution in [0.25, 0.3) is 11.1 Å². The first kappa shape index (κ1) is 16.4. The Morgan fingerprint density at radius 1 is 1.00 bits per heavy atom. The number of ether oxygens (including phenoxy) is 2. The second-order valence-electron chi connectivity index (χ2n) is 4.09. The van der Waals surface area contributed by atoms with Gasteiger partial charge in [0.1, 0.15) is 11.5 Å². The van der Waals surface area contributed by atoms with Gasteiger partial charge in [-0.3, -0.25) is 0 Å². The Labute approximate surface area is 127 Å². The third-order valence-corrected chi connectivity index (χ3v) is 2.77. The third kappa shape index (κ3) is 4.49. The number of hydrogen-bond donors (Lipinski definition) is 0. The maximum absolute atomic E-state index is 12.4. The maximum Gasteiger partial charge on any atom is 0.573 e. The standard InChI is InChI=1S/C14H8ClF5O2/c15-9-4-5-11(12(7-9)21-13(16)17)8-2-1-3-10(6-8)22-14(18,19)20/h1-7,13H. The Bertz CT molecular complexity index is 658. The van der Waals surface area contributed by atoms with E-state index in [0.29, 0.717) is 0 Å². The van der Waals surface area contributed by atoms with Crippen molar-refractivity contribution in [1.29, 1.82) is 0 Å². The van der Waals surface area contributed by atoms with E-state index in [1.165, 1.54) is 24.3 Å². The first-order chi connectivity index (χ1) is 10.2. The van der Waals surface area contributed by atoms with Crippen molar-refractivity contribution in [2.24, 2.45) is 0 Å². The lowest BCUT2D eigenvalue weighted by atomic mass is 10.0. The molecule has 0 aromatic heterocycles. The van der Waals surface area contributed by atoms with E-state index in [9.17, 15) is 22.0 Å². The molecule has 0 N–H and O–H groups in total. The quantitative estimate of drug-likeness (QED) is 0.685. The number of rotatable bonds is 4. The van der Waals surface area contributed by atoms with E-state index in [2.05, 4.69) is 9.47 Å². The lowest BCUT2D eigenvalue weighted by Crippen LogP contribution is -2.17. The van der Waals surface area contributed by atoms with Crippen LogP contribution in [-0.4, -0.2) is 13.0 Å². The summed E-state index contributed by atoms with van der Waals surface area (Å²) in [5, 5.41) is 0.155. The molecule has 0 amide bonds. The predicted molar refractivity (Wildman–Crippen MR) is 70.2 cm³/mol. The van der Waals surface area contributed by atoms with E-state index in [4.69, 9.17) is 11.6 Å². The molecule has 0 bridgehead atoms. The van der Waals surface area contributed by atoms with E-state index in [-0.39, 0.29) is 21.9 Å². The van der Waals surface area contributed by atoms with Gasteiger partial charge < -0.3 is 9.47 Å².